The van der Waals surface area contributed by atoms with E-state index in [9.17, 15) is 0 Å². The van der Waals surface area contributed by atoms with Gasteiger partial charge in [0.2, 0.25) is 0 Å². The molecule has 2 fully saturated rings. The van der Waals surface area contributed by atoms with E-state index in [0.29, 0.717) is 12.1 Å². The zero-order chi connectivity index (χ0) is 22.1. The van der Waals surface area contributed by atoms with Gasteiger partial charge in [0.05, 0.1) is 20.8 Å². The number of hydrogen-bond donors (Lipinski definition) is 2. The van der Waals surface area contributed by atoms with E-state index in [1.54, 1.807) is 21.3 Å². The number of likely N-dealkylation sites (tertiary alicyclic amines) is 2. The predicted molar refractivity (Wildman–Crippen MR) is 124 cm³/mol. The summed E-state index contributed by atoms with van der Waals surface area (Å²) in [6, 6.07) is 7.03. The average Bonchev–Trinajstić information content (AvgIpc) is 3.43. The van der Waals surface area contributed by atoms with Crippen LogP contribution in [0.3, 0.4) is 0 Å². The third-order valence-electron chi connectivity index (χ3n) is 6.24. The molecular weight excluding hydrogens is 394 g/mol. The minimum atomic E-state index is 0.395. The van der Waals surface area contributed by atoms with Gasteiger partial charge < -0.3 is 24.8 Å². The summed E-state index contributed by atoms with van der Waals surface area (Å²) in [6.07, 6.45) is 3.59. The molecule has 0 aliphatic carbocycles. The van der Waals surface area contributed by atoms with Gasteiger partial charge in [-0.25, -0.2) is 0 Å². The van der Waals surface area contributed by atoms with Crippen LogP contribution in [0.4, 0.5) is 0 Å². The first kappa shape index (κ1) is 23.6. The molecule has 0 aromatic heterocycles. The molecule has 2 heterocycles. The summed E-state index contributed by atoms with van der Waals surface area (Å²) in [5.41, 5.74) is 1.21. The predicted octanol–water partition coefficient (Wildman–Crippen LogP) is 1.55. The van der Waals surface area contributed by atoms with Crippen LogP contribution in [0.1, 0.15) is 24.8 Å². The van der Waals surface area contributed by atoms with Gasteiger partial charge in [0.1, 0.15) is 11.5 Å². The van der Waals surface area contributed by atoms with Gasteiger partial charge >= 0.3 is 0 Å². The Morgan fingerprint density at radius 1 is 1.10 bits per heavy atom. The zero-order valence-electron chi connectivity index (χ0n) is 19.5. The topological polar surface area (TPSA) is 70.6 Å². The molecule has 2 saturated heterocycles. The largest absolute Gasteiger partial charge is 0.497 e. The SMILES string of the molecule is CN=C(NCC1CCCN1CCOC)NC1CCN(Cc2cc(OC)cc(OC)c2)C1. The van der Waals surface area contributed by atoms with E-state index in [1.807, 2.05) is 13.1 Å². The average molecular weight is 434 g/mol. The van der Waals surface area contributed by atoms with Crippen molar-refractivity contribution in [3.05, 3.63) is 23.8 Å². The minimum absolute atomic E-state index is 0.395. The van der Waals surface area contributed by atoms with E-state index < -0.39 is 0 Å². The summed E-state index contributed by atoms with van der Waals surface area (Å²) >= 11 is 0. The van der Waals surface area contributed by atoms with E-state index in [1.165, 1.54) is 18.4 Å². The quantitative estimate of drug-likeness (QED) is 0.429. The van der Waals surface area contributed by atoms with E-state index in [0.717, 1.165) is 69.8 Å². The van der Waals surface area contributed by atoms with Crippen molar-refractivity contribution in [2.45, 2.75) is 37.9 Å². The van der Waals surface area contributed by atoms with Crippen LogP contribution >= 0.6 is 0 Å². The van der Waals surface area contributed by atoms with Gasteiger partial charge in [-0.05, 0) is 43.5 Å². The number of guanidine groups is 1. The van der Waals surface area contributed by atoms with Gasteiger partial charge in [-0.1, -0.05) is 0 Å². The smallest absolute Gasteiger partial charge is 0.191 e. The summed E-state index contributed by atoms with van der Waals surface area (Å²) in [7, 11) is 7.00. The fourth-order valence-corrected chi connectivity index (χ4v) is 4.54. The van der Waals surface area contributed by atoms with Crippen molar-refractivity contribution in [3.8, 4) is 11.5 Å². The zero-order valence-corrected chi connectivity index (χ0v) is 19.5. The van der Waals surface area contributed by atoms with Crippen LogP contribution in [0.2, 0.25) is 0 Å². The van der Waals surface area contributed by atoms with Crippen molar-refractivity contribution in [2.24, 2.45) is 4.99 Å². The molecule has 2 aliphatic rings. The third-order valence-corrected chi connectivity index (χ3v) is 6.24. The number of methoxy groups -OCH3 is 3. The highest BCUT2D eigenvalue weighted by molar-refractivity contribution is 5.80. The molecule has 174 valence electrons. The summed E-state index contributed by atoms with van der Waals surface area (Å²) in [5.74, 6) is 2.56. The van der Waals surface area contributed by atoms with E-state index in [4.69, 9.17) is 14.2 Å². The van der Waals surface area contributed by atoms with Gasteiger partial charge in [0, 0.05) is 65.0 Å². The molecule has 1 aromatic carbocycles. The van der Waals surface area contributed by atoms with Crippen LogP contribution in [0.5, 0.6) is 11.5 Å². The number of hydrogen-bond acceptors (Lipinski definition) is 6. The van der Waals surface area contributed by atoms with Crippen LogP contribution < -0.4 is 20.1 Å². The Kier molecular flexibility index (Phi) is 9.24. The maximum Gasteiger partial charge on any atom is 0.191 e. The fraction of sp³-hybridized carbons (Fsp3) is 0.696. The van der Waals surface area contributed by atoms with E-state index in [-0.39, 0.29) is 0 Å². The molecule has 8 heteroatoms. The summed E-state index contributed by atoms with van der Waals surface area (Å²) in [4.78, 5) is 9.43. The highest BCUT2D eigenvalue weighted by Crippen LogP contribution is 2.24. The van der Waals surface area contributed by atoms with Crippen molar-refractivity contribution >= 4 is 5.96 Å². The lowest BCUT2D eigenvalue weighted by Gasteiger charge is -2.26. The number of benzene rings is 1. The highest BCUT2D eigenvalue weighted by atomic mass is 16.5. The second-order valence-electron chi connectivity index (χ2n) is 8.36. The van der Waals surface area contributed by atoms with Gasteiger partial charge in [0.15, 0.2) is 5.96 Å². The van der Waals surface area contributed by atoms with Crippen molar-refractivity contribution in [3.63, 3.8) is 0 Å². The molecule has 0 amide bonds. The van der Waals surface area contributed by atoms with E-state index in [2.05, 4.69) is 37.6 Å². The molecule has 1 aromatic rings. The Labute approximate surface area is 186 Å². The molecule has 0 spiro atoms. The maximum atomic E-state index is 5.40. The van der Waals surface area contributed by atoms with Crippen molar-refractivity contribution < 1.29 is 14.2 Å². The number of nitrogens with zero attached hydrogens (tertiary/aromatic N) is 3. The van der Waals surface area contributed by atoms with Crippen LogP contribution in [0.15, 0.2) is 23.2 Å². The number of nitrogens with one attached hydrogen (secondary N) is 2. The summed E-state index contributed by atoms with van der Waals surface area (Å²) in [5, 5.41) is 7.16. The lowest BCUT2D eigenvalue weighted by atomic mass is 10.2. The van der Waals surface area contributed by atoms with Gasteiger partial charge in [-0.3, -0.25) is 14.8 Å². The highest BCUT2D eigenvalue weighted by Gasteiger charge is 2.26. The Morgan fingerprint density at radius 2 is 1.87 bits per heavy atom. The van der Waals surface area contributed by atoms with Crippen molar-refractivity contribution in [1.82, 2.24) is 20.4 Å². The molecule has 0 saturated carbocycles. The van der Waals surface area contributed by atoms with Gasteiger partial charge in [0.25, 0.3) is 0 Å². The Morgan fingerprint density at radius 3 is 2.55 bits per heavy atom. The Balaban J connectivity index is 1.45. The first-order chi connectivity index (χ1) is 15.1. The lowest BCUT2D eigenvalue weighted by molar-refractivity contribution is 0.141. The first-order valence-electron chi connectivity index (χ1n) is 11.3. The Hall–Kier alpha value is -2.03. The third kappa shape index (κ3) is 6.98. The van der Waals surface area contributed by atoms with Crippen LogP contribution in [0.25, 0.3) is 0 Å². The molecule has 3 rings (SSSR count). The van der Waals surface area contributed by atoms with Gasteiger partial charge in [-0.2, -0.15) is 0 Å². The molecule has 8 nitrogen and oxygen atoms in total. The summed E-state index contributed by atoms with van der Waals surface area (Å²) in [6.45, 7) is 6.80. The van der Waals surface area contributed by atoms with Crippen LogP contribution in [-0.2, 0) is 11.3 Å². The van der Waals surface area contributed by atoms with Crippen LogP contribution in [-0.4, -0.2) is 95.6 Å². The molecule has 2 aliphatic heterocycles. The second-order valence-corrected chi connectivity index (χ2v) is 8.36. The normalized spacial score (nSPS) is 22.6. The monoisotopic (exact) mass is 433 g/mol. The molecule has 0 radical (unpaired) electrons. The van der Waals surface area contributed by atoms with Crippen molar-refractivity contribution in [1.29, 1.82) is 0 Å². The molecule has 2 unspecified atom stereocenters. The minimum Gasteiger partial charge on any atom is -0.497 e. The molecule has 2 N–H and O–H groups in total. The number of aliphatic imine (C=N–C) groups is 1. The second kappa shape index (κ2) is 12.1. The lowest BCUT2D eigenvalue weighted by Crippen LogP contribution is -2.48. The van der Waals surface area contributed by atoms with Crippen molar-refractivity contribution in [2.75, 3.05) is 67.7 Å². The fourth-order valence-electron chi connectivity index (χ4n) is 4.54. The molecule has 31 heavy (non-hydrogen) atoms. The van der Waals surface area contributed by atoms with Crippen LogP contribution in [0, 0.1) is 0 Å². The number of ether oxygens (including phenoxy) is 3. The maximum absolute atomic E-state index is 5.40. The summed E-state index contributed by atoms with van der Waals surface area (Å²) < 4.78 is 16.1. The van der Waals surface area contributed by atoms with Gasteiger partial charge in [-0.15, -0.1) is 0 Å². The first-order valence-corrected chi connectivity index (χ1v) is 11.3. The Bertz CT molecular complexity index is 692. The van der Waals surface area contributed by atoms with E-state index >= 15 is 0 Å². The standard InChI is InChI=1S/C23H39N5O3/c1-24-23(25-15-20-6-5-8-28(20)10-11-29-2)26-19-7-9-27(17-19)16-18-12-21(30-3)14-22(13-18)31-4/h12-14,19-20H,5-11,15-17H2,1-4H3,(H2,24,25,26). The molecule has 2 atom stereocenters. The molecular formula is C23H39N5O3. The molecule has 0 bridgehead atoms. The number of rotatable bonds is 10.